The van der Waals surface area contributed by atoms with Crippen LogP contribution in [-0.2, 0) is 13.0 Å². The summed E-state index contributed by atoms with van der Waals surface area (Å²) in [6.45, 7) is 6.47. The Morgan fingerprint density at radius 3 is 2.53 bits per heavy atom. The fraction of sp³-hybridized carbons (Fsp3) is 0.542. The Balaban J connectivity index is 1.50. The van der Waals surface area contributed by atoms with Gasteiger partial charge < -0.3 is 24.8 Å². The Kier molecular flexibility index (Phi) is 7.04. The van der Waals surface area contributed by atoms with E-state index in [1.54, 1.807) is 23.9 Å². The molecule has 2 aliphatic rings. The number of rotatable bonds is 5. The standard InChI is InChI=1S/C24H32F2N6O2/c1-15(2)27-22-23(29-20-14-32(24(33)30(3)4)12-9-19(20)28-22)31-10-7-17(8-11-31)34-21-6-5-16(25)13-18(21)26/h5-6,13,15,17H,7-12,14H2,1-4H3,(H,27,28). The fourth-order valence-electron chi connectivity index (χ4n) is 4.29. The highest BCUT2D eigenvalue weighted by molar-refractivity contribution is 5.74. The molecule has 8 nitrogen and oxygen atoms in total. The highest BCUT2D eigenvalue weighted by Crippen LogP contribution is 2.30. The number of aromatic nitrogens is 2. The Morgan fingerprint density at radius 1 is 1.15 bits per heavy atom. The number of piperidine rings is 1. The van der Waals surface area contributed by atoms with Crippen molar-refractivity contribution in [1.82, 2.24) is 19.8 Å². The molecule has 3 heterocycles. The van der Waals surface area contributed by atoms with E-state index in [-0.39, 0.29) is 23.9 Å². The number of ether oxygens (including phenoxy) is 1. The third-order valence-electron chi connectivity index (χ3n) is 6.00. The van der Waals surface area contributed by atoms with Gasteiger partial charge in [-0.15, -0.1) is 0 Å². The Morgan fingerprint density at radius 2 is 1.88 bits per heavy atom. The van der Waals surface area contributed by atoms with E-state index in [0.29, 0.717) is 45.4 Å². The van der Waals surface area contributed by atoms with Gasteiger partial charge in [0.25, 0.3) is 0 Å². The summed E-state index contributed by atoms with van der Waals surface area (Å²) >= 11 is 0. The lowest BCUT2D eigenvalue weighted by Crippen LogP contribution is -2.43. The molecule has 2 aromatic rings. The van der Waals surface area contributed by atoms with Crippen LogP contribution in [0.15, 0.2) is 18.2 Å². The van der Waals surface area contributed by atoms with Crippen LogP contribution in [0, 0.1) is 11.6 Å². The van der Waals surface area contributed by atoms with Crippen molar-refractivity contribution in [3.05, 3.63) is 41.2 Å². The second kappa shape index (κ2) is 9.99. The van der Waals surface area contributed by atoms with Crippen LogP contribution in [0.4, 0.5) is 25.2 Å². The van der Waals surface area contributed by atoms with Gasteiger partial charge in [-0.25, -0.2) is 23.5 Å². The maximum atomic E-state index is 14.0. The van der Waals surface area contributed by atoms with Gasteiger partial charge >= 0.3 is 6.03 Å². The van der Waals surface area contributed by atoms with Gasteiger partial charge in [-0.1, -0.05) is 0 Å². The van der Waals surface area contributed by atoms with Crippen LogP contribution in [0.25, 0.3) is 0 Å². The van der Waals surface area contributed by atoms with E-state index in [1.807, 2.05) is 0 Å². The highest BCUT2D eigenvalue weighted by atomic mass is 19.1. The highest BCUT2D eigenvalue weighted by Gasteiger charge is 2.29. The average molecular weight is 475 g/mol. The minimum Gasteiger partial charge on any atom is -0.487 e. The van der Waals surface area contributed by atoms with Gasteiger partial charge in [-0.3, -0.25) is 0 Å². The van der Waals surface area contributed by atoms with Crippen molar-refractivity contribution in [1.29, 1.82) is 0 Å². The number of carbonyl (C=O) groups is 1. The van der Waals surface area contributed by atoms with E-state index in [9.17, 15) is 13.6 Å². The van der Waals surface area contributed by atoms with Gasteiger partial charge in [0, 0.05) is 65.1 Å². The van der Waals surface area contributed by atoms with E-state index < -0.39 is 11.6 Å². The third-order valence-corrected chi connectivity index (χ3v) is 6.00. The largest absolute Gasteiger partial charge is 0.487 e. The first-order chi connectivity index (χ1) is 16.2. The number of carbonyl (C=O) groups excluding carboxylic acids is 1. The summed E-state index contributed by atoms with van der Waals surface area (Å²) in [5.74, 6) is 0.259. The van der Waals surface area contributed by atoms with E-state index in [2.05, 4.69) is 24.1 Å². The molecule has 2 amide bonds. The number of hydrogen-bond acceptors (Lipinski definition) is 6. The van der Waals surface area contributed by atoms with Gasteiger partial charge in [-0.05, 0) is 26.0 Å². The molecule has 1 N–H and O–H groups in total. The van der Waals surface area contributed by atoms with E-state index in [0.717, 1.165) is 29.1 Å². The van der Waals surface area contributed by atoms with E-state index in [1.165, 1.54) is 12.1 Å². The SMILES string of the molecule is CC(C)Nc1nc2c(nc1N1CCC(Oc3ccc(F)cc3F)CC1)CN(C(=O)N(C)C)CC2. The topological polar surface area (TPSA) is 73.8 Å². The summed E-state index contributed by atoms with van der Waals surface area (Å²) in [7, 11) is 3.49. The maximum Gasteiger partial charge on any atom is 0.319 e. The van der Waals surface area contributed by atoms with Gasteiger partial charge in [0.15, 0.2) is 23.2 Å². The molecule has 10 heteroatoms. The van der Waals surface area contributed by atoms with Crippen molar-refractivity contribution in [2.75, 3.05) is 43.9 Å². The summed E-state index contributed by atoms with van der Waals surface area (Å²) in [4.78, 5) is 27.8. The molecule has 4 rings (SSSR count). The average Bonchev–Trinajstić information content (AvgIpc) is 2.80. The van der Waals surface area contributed by atoms with Gasteiger partial charge in [0.1, 0.15) is 11.9 Å². The quantitative estimate of drug-likeness (QED) is 0.713. The third kappa shape index (κ3) is 5.31. The van der Waals surface area contributed by atoms with Crippen LogP contribution in [0.3, 0.4) is 0 Å². The van der Waals surface area contributed by atoms with Crippen LogP contribution in [0.1, 0.15) is 38.1 Å². The Bertz CT molecular complexity index is 1040. The maximum absolute atomic E-state index is 14.0. The summed E-state index contributed by atoms with van der Waals surface area (Å²) in [6, 6.07) is 3.51. The first-order valence-corrected chi connectivity index (χ1v) is 11.7. The molecular formula is C24H32F2N6O2. The molecule has 0 unspecified atom stereocenters. The monoisotopic (exact) mass is 474 g/mol. The lowest BCUT2D eigenvalue weighted by molar-refractivity contribution is 0.162. The first-order valence-electron chi connectivity index (χ1n) is 11.7. The molecule has 1 aromatic carbocycles. The number of fused-ring (bicyclic) bond motifs is 1. The van der Waals surface area contributed by atoms with Crippen LogP contribution >= 0.6 is 0 Å². The lowest BCUT2D eigenvalue weighted by Gasteiger charge is -2.35. The smallest absolute Gasteiger partial charge is 0.319 e. The number of hydrogen-bond donors (Lipinski definition) is 1. The van der Waals surface area contributed by atoms with Crippen molar-refractivity contribution < 1.29 is 18.3 Å². The lowest BCUT2D eigenvalue weighted by atomic mass is 10.1. The van der Waals surface area contributed by atoms with Crippen molar-refractivity contribution in [3.8, 4) is 5.75 Å². The molecule has 0 saturated carbocycles. The molecule has 0 radical (unpaired) electrons. The van der Waals surface area contributed by atoms with Crippen LogP contribution in [0.5, 0.6) is 5.75 Å². The molecule has 2 aliphatic heterocycles. The van der Waals surface area contributed by atoms with Gasteiger partial charge in [0.2, 0.25) is 0 Å². The van der Waals surface area contributed by atoms with Crippen molar-refractivity contribution in [2.24, 2.45) is 0 Å². The van der Waals surface area contributed by atoms with E-state index in [4.69, 9.17) is 14.7 Å². The predicted octanol–water partition coefficient (Wildman–Crippen LogP) is 3.66. The minimum absolute atomic E-state index is 0.0376. The summed E-state index contributed by atoms with van der Waals surface area (Å²) in [5, 5.41) is 3.42. The van der Waals surface area contributed by atoms with E-state index >= 15 is 0 Å². The molecule has 34 heavy (non-hydrogen) atoms. The van der Waals surface area contributed by atoms with Crippen molar-refractivity contribution in [2.45, 2.75) is 51.8 Å². The molecule has 0 bridgehead atoms. The molecule has 1 fully saturated rings. The molecule has 0 atom stereocenters. The van der Waals surface area contributed by atoms with Gasteiger partial charge in [-0.2, -0.15) is 0 Å². The van der Waals surface area contributed by atoms with Crippen LogP contribution in [0.2, 0.25) is 0 Å². The van der Waals surface area contributed by atoms with Crippen molar-refractivity contribution in [3.63, 3.8) is 0 Å². The molecular weight excluding hydrogens is 442 g/mol. The number of halogens is 2. The zero-order valence-corrected chi connectivity index (χ0v) is 20.1. The Labute approximate surface area is 198 Å². The number of urea groups is 1. The summed E-state index contributed by atoms with van der Waals surface area (Å²) in [5.41, 5.74) is 1.73. The molecule has 1 saturated heterocycles. The summed E-state index contributed by atoms with van der Waals surface area (Å²) in [6.07, 6.45) is 1.83. The fourth-order valence-corrected chi connectivity index (χ4v) is 4.29. The molecule has 184 valence electrons. The predicted molar refractivity (Wildman–Crippen MR) is 126 cm³/mol. The molecule has 0 aliphatic carbocycles. The molecule has 0 spiro atoms. The minimum atomic E-state index is -0.691. The number of anilines is 2. The second-order valence-corrected chi connectivity index (χ2v) is 9.32. The Hall–Kier alpha value is -3.17. The zero-order chi connectivity index (χ0) is 24.4. The zero-order valence-electron chi connectivity index (χ0n) is 20.1. The van der Waals surface area contributed by atoms with Crippen LogP contribution in [-0.4, -0.2) is 71.7 Å². The second-order valence-electron chi connectivity index (χ2n) is 9.32. The number of amides is 2. The van der Waals surface area contributed by atoms with Crippen LogP contribution < -0.4 is 15.0 Å². The van der Waals surface area contributed by atoms with Crippen molar-refractivity contribution >= 4 is 17.7 Å². The number of benzene rings is 1. The normalized spacial score (nSPS) is 16.4. The van der Waals surface area contributed by atoms with Gasteiger partial charge in [0.05, 0.1) is 17.9 Å². The summed E-state index contributed by atoms with van der Waals surface area (Å²) < 4.78 is 33.0. The first kappa shape index (κ1) is 24.0. The number of nitrogens with zero attached hydrogens (tertiary/aromatic N) is 5. The number of nitrogens with one attached hydrogen (secondary N) is 1. The molecule has 1 aromatic heterocycles.